The van der Waals surface area contributed by atoms with Crippen molar-refractivity contribution in [2.75, 3.05) is 0 Å². The van der Waals surface area contributed by atoms with E-state index in [2.05, 4.69) is 0 Å². The van der Waals surface area contributed by atoms with Crippen LogP contribution >= 0.6 is 0 Å². The van der Waals surface area contributed by atoms with Gasteiger partial charge in [-0.1, -0.05) is 30.3 Å². The first-order chi connectivity index (χ1) is 9.43. The quantitative estimate of drug-likeness (QED) is 0.317. The monoisotopic (exact) mass is 284 g/mol. The third-order valence-electron chi connectivity index (χ3n) is 2.83. The second-order valence-corrected chi connectivity index (χ2v) is 4.18. The van der Waals surface area contributed by atoms with Gasteiger partial charge in [0.1, 0.15) is 0 Å². The third kappa shape index (κ3) is 2.43. The van der Waals surface area contributed by atoms with E-state index >= 15 is 0 Å². The van der Waals surface area contributed by atoms with Crippen molar-refractivity contribution in [3.63, 3.8) is 0 Å². The van der Waals surface area contributed by atoms with Crippen molar-refractivity contribution >= 4 is 11.6 Å². The summed E-state index contributed by atoms with van der Waals surface area (Å²) in [5, 5.41) is 0. The molecule has 0 amide bonds. The minimum atomic E-state index is -2.16. The first-order valence-electron chi connectivity index (χ1n) is 5.68. The van der Waals surface area contributed by atoms with E-state index in [4.69, 9.17) is 0 Å². The molecule has 0 aliphatic rings. The van der Waals surface area contributed by atoms with E-state index in [1.807, 2.05) is 0 Å². The second-order valence-electron chi connectivity index (χ2n) is 4.18. The van der Waals surface area contributed by atoms with Crippen LogP contribution in [0.3, 0.4) is 0 Å². The van der Waals surface area contributed by atoms with Crippen molar-refractivity contribution < 1.29 is 22.0 Å². The Hall–Kier alpha value is -2.17. The van der Waals surface area contributed by atoms with Gasteiger partial charge in [-0.2, -0.15) is 0 Å². The standard InChI is InChI=1S/C15H9F5/c1-8(9-5-3-2-4-6-9)7-10-11(16)13(18)15(20)14(19)12(10)17/h2-7H,1H3/b8-7+. The molecule has 0 aromatic heterocycles. The molecule has 0 bridgehead atoms. The maximum Gasteiger partial charge on any atom is 0.200 e. The first kappa shape index (κ1) is 14.2. The van der Waals surface area contributed by atoms with Gasteiger partial charge in [0.05, 0.1) is 5.56 Å². The summed E-state index contributed by atoms with van der Waals surface area (Å²) in [6, 6.07) is 8.47. The Morgan fingerprint density at radius 3 is 1.70 bits per heavy atom. The lowest BCUT2D eigenvalue weighted by Crippen LogP contribution is -2.04. The molecule has 5 heteroatoms. The lowest BCUT2D eigenvalue weighted by Gasteiger charge is -2.06. The predicted octanol–water partition coefficient (Wildman–Crippen LogP) is 4.94. The fourth-order valence-corrected chi connectivity index (χ4v) is 1.75. The highest BCUT2D eigenvalue weighted by molar-refractivity contribution is 5.80. The summed E-state index contributed by atoms with van der Waals surface area (Å²) in [6.45, 7) is 1.52. The van der Waals surface area contributed by atoms with Gasteiger partial charge in [0.15, 0.2) is 23.3 Å². The Kier molecular flexibility index (Phi) is 3.88. The highest BCUT2D eigenvalue weighted by Crippen LogP contribution is 2.26. The van der Waals surface area contributed by atoms with Crippen molar-refractivity contribution in [2.45, 2.75) is 6.92 Å². The van der Waals surface area contributed by atoms with Crippen molar-refractivity contribution in [1.82, 2.24) is 0 Å². The highest BCUT2D eigenvalue weighted by atomic mass is 19.2. The third-order valence-corrected chi connectivity index (χ3v) is 2.83. The van der Waals surface area contributed by atoms with Crippen molar-refractivity contribution in [2.24, 2.45) is 0 Å². The van der Waals surface area contributed by atoms with Gasteiger partial charge in [0, 0.05) is 0 Å². The average Bonchev–Trinajstić information content (AvgIpc) is 2.48. The lowest BCUT2D eigenvalue weighted by atomic mass is 10.0. The van der Waals surface area contributed by atoms with Crippen LogP contribution in [0.25, 0.3) is 11.6 Å². The molecule has 20 heavy (non-hydrogen) atoms. The molecule has 0 nitrogen and oxygen atoms in total. The molecule has 0 aliphatic carbocycles. The van der Waals surface area contributed by atoms with Gasteiger partial charge in [-0.05, 0) is 24.1 Å². The molecule has 0 fully saturated rings. The van der Waals surface area contributed by atoms with Gasteiger partial charge >= 0.3 is 0 Å². The molecule has 0 unspecified atom stereocenters. The summed E-state index contributed by atoms with van der Waals surface area (Å²) in [5.41, 5.74) is 0.0630. The van der Waals surface area contributed by atoms with E-state index in [1.165, 1.54) is 6.92 Å². The lowest BCUT2D eigenvalue weighted by molar-refractivity contribution is 0.377. The fourth-order valence-electron chi connectivity index (χ4n) is 1.75. The van der Waals surface area contributed by atoms with E-state index < -0.39 is 34.6 Å². The number of hydrogen-bond donors (Lipinski definition) is 0. The number of allylic oxidation sites excluding steroid dienone is 1. The minimum absolute atomic E-state index is 0.383. The van der Waals surface area contributed by atoms with Gasteiger partial charge < -0.3 is 0 Å². The van der Waals surface area contributed by atoms with Crippen LogP contribution in [0.15, 0.2) is 30.3 Å². The first-order valence-corrected chi connectivity index (χ1v) is 5.68. The molecule has 0 aliphatic heterocycles. The molecule has 104 valence electrons. The predicted molar refractivity (Wildman–Crippen MR) is 66.2 cm³/mol. The van der Waals surface area contributed by atoms with E-state index in [-0.39, 0.29) is 0 Å². The summed E-state index contributed by atoms with van der Waals surface area (Å²) in [4.78, 5) is 0. The van der Waals surface area contributed by atoms with Gasteiger partial charge in [-0.15, -0.1) is 0 Å². The van der Waals surface area contributed by atoms with Crippen molar-refractivity contribution in [3.05, 3.63) is 70.5 Å². The van der Waals surface area contributed by atoms with E-state index in [9.17, 15) is 22.0 Å². The zero-order valence-electron chi connectivity index (χ0n) is 10.4. The minimum Gasteiger partial charge on any atom is -0.203 e. The molecular formula is C15H9F5. The zero-order valence-corrected chi connectivity index (χ0v) is 10.4. The largest absolute Gasteiger partial charge is 0.203 e. The van der Waals surface area contributed by atoms with Crippen LogP contribution in [-0.2, 0) is 0 Å². The number of halogens is 5. The van der Waals surface area contributed by atoms with Gasteiger partial charge in [-0.3, -0.25) is 0 Å². The summed E-state index contributed by atoms with van der Waals surface area (Å²) in [5.74, 6) is -9.73. The van der Waals surface area contributed by atoms with E-state index in [0.29, 0.717) is 11.1 Å². The molecule has 2 aromatic carbocycles. The van der Waals surface area contributed by atoms with Crippen molar-refractivity contribution in [1.29, 1.82) is 0 Å². The molecule has 0 heterocycles. The summed E-state index contributed by atoms with van der Waals surface area (Å²) < 4.78 is 66.1. The smallest absolute Gasteiger partial charge is 0.200 e. The van der Waals surface area contributed by atoms with Crippen LogP contribution < -0.4 is 0 Å². The number of benzene rings is 2. The molecule has 0 atom stereocenters. The molecule has 0 saturated carbocycles. The fraction of sp³-hybridized carbons (Fsp3) is 0.0667. The van der Waals surface area contributed by atoms with Crippen LogP contribution in [0.2, 0.25) is 0 Å². The van der Waals surface area contributed by atoms with Gasteiger partial charge in [0.25, 0.3) is 0 Å². The van der Waals surface area contributed by atoms with Crippen LogP contribution in [-0.4, -0.2) is 0 Å². The topological polar surface area (TPSA) is 0 Å². The Bertz CT molecular complexity index is 645. The molecule has 0 spiro atoms. The molecular weight excluding hydrogens is 275 g/mol. The molecule has 0 radical (unpaired) electrons. The van der Waals surface area contributed by atoms with Crippen LogP contribution in [0, 0.1) is 29.1 Å². The van der Waals surface area contributed by atoms with Crippen LogP contribution in [0.1, 0.15) is 18.1 Å². The highest BCUT2D eigenvalue weighted by Gasteiger charge is 2.24. The second kappa shape index (κ2) is 5.45. The molecule has 2 aromatic rings. The number of hydrogen-bond acceptors (Lipinski definition) is 0. The Labute approximate surface area is 112 Å². The zero-order chi connectivity index (χ0) is 14.9. The van der Waals surface area contributed by atoms with E-state index in [1.54, 1.807) is 30.3 Å². The van der Waals surface area contributed by atoms with E-state index in [0.717, 1.165) is 6.08 Å². The maximum atomic E-state index is 13.5. The van der Waals surface area contributed by atoms with Crippen LogP contribution in [0.4, 0.5) is 22.0 Å². The van der Waals surface area contributed by atoms with Gasteiger partial charge in [0.2, 0.25) is 5.82 Å². The average molecular weight is 284 g/mol. The van der Waals surface area contributed by atoms with Crippen LogP contribution in [0.5, 0.6) is 0 Å². The summed E-state index contributed by atoms with van der Waals surface area (Å²) >= 11 is 0. The van der Waals surface area contributed by atoms with Gasteiger partial charge in [-0.25, -0.2) is 22.0 Å². The number of rotatable bonds is 2. The van der Waals surface area contributed by atoms with Crippen molar-refractivity contribution in [3.8, 4) is 0 Å². The summed E-state index contributed by atoms with van der Waals surface area (Å²) in [6.07, 6.45) is 0.936. The Morgan fingerprint density at radius 1 is 0.750 bits per heavy atom. The molecule has 0 saturated heterocycles. The Morgan fingerprint density at radius 2 is 1.20 bits per heavy atom. The molecule has 2 rings (SSSR count). The summed E-state index contributed by atoms with van der Waals surface area (Å²) in [7, 11) is 0. The SMILES string of the molecule is C/C(=C\c1c(F)c(F)c(F)c(F)c1F)c1ccccc1. The normalized spacial score (nSPS) is 11.8. The maximum absolute atomic E-state index is 13.5. The Balaban J connectivity index is 2.60. The molecule has 0 N–H and O–H groups in total.